The normalized spacial score (nSPS) is 10.5. The van der Waals surface area contributed by atoms with Crippen LogP contribution >= 0.6 is 11.6 Å². The number of carbonyl (C=O) groups is 3. The van der Waals surface area contributed by atoms with E-state index in [4.69, 9.17) is 11.6 Å². The summed E-state index contributed by atoms with van der Waals surface area (Å²) in [5, 5.41) is 3.43. The van der Waals surface area contributed by atoms with Gasteiger partial charge in [-0.25, -0.2) is 0 Å². The Labute approximate surface area is 170 Å². The average molecular weight is 401 g/mol. The first-order valence-corrected chi connectivity index (χ1v) is 9.45. The summed E-state index contributed by atoms with van der Waals surface area (Å²) in [4.78, 5) is 38.1. The van der Waals surface area contributed by atoms with E-state index in [0.717, 1.165) is 22.4 Å². The Hall–Kier alpha value is -2.66. The number of carbonyl (C=O) groups excluding carboxylic acids is 3. The molecule has 0 aromatic heterocycles. The fourth-order valence-corrected chi connectivity index (χ4v) is 3.18. The van der Waals surface area contributed by atoms with Crippen LogP contribution in [0.1, 0.15) is 39.9 Å². The summed E-state index contributed by atoms with van der Waals surface area (Å²) >= 11 is 5.81. The largest absolute Gasteiger partial charge is 0.336 e. The highest BCUT2D eigenvalue weighted by Gasteiger charge is 2.16. The molecule has 0 heterocycles. The minimum absolute atomic E-state index is 0.0494. The molecule has 0 aliphatic rings. The number of ketones is 1. The van der Waals surface area contributed by atoms with Gasteiger partial charge in [0.05, 0.1) is 6.54 Å². The number of hydrogen-bond acceptors (Lipinski definition) is 3. The summed E-state index contributed by atoms with van der Waals surface area (Å²) in [6.45, 7) is 5.81. The molecule has 0 bridgehead atoms. The van der Waals surface area contributed by atoms with Crippen molar-refractivity contribution in [1.82, 2.24) is 4.90 Å². The van der Waals surface area contributed by atoms with Crippen molar-refractivity contribution in [1.29, 1.82) is 0 Å². The van der Waals surface area contributed by atoms with Crippen LogP contribution in [-0.2, 0) is 9.59 Å². The van der Waals surface area contributed by atoms with Crippen molar-refractivity contribution in [3.63, 3.8) is 0 Å². The van der Waals surface area contributed by atoms with E-state index in [9.17, 15) is 14.4 Å². The molecule has 0 spiro atoms. The molecule has 5 nitrogen and oxygen atoms in total. The van der Waals surface area contributed by atoms with Crippen LogP contribution in [-0.4, -0.2) is 36.1 Å². The number of Topliss-reactive ketones (excluding diaryl/α,β-unsaturated/α-hetero) is 1. The number of halogens is 1. The number of likely N-dealkylation sites (N-methyl/N-ethyl adjacent to an activating group) is 1. The van der Waals surface area contributed by atoms with Crippen LogP contribution in [0, 0.1) is 20.8 Å². The van der Waals surface area contributed by atoms with E-state index in [1.165, 1.54) is 4.90 Å². The fraction of sp³-hybridized carbons (Fsp3) is 0.318. The number of anilines is 1. The minimum Gasteiger partial charge on any atom is -0.336 e. The van der Waals surface area contributed by atoms with E-state index in [1.807, 2.05) is 32.9 Å². The maximum absolute atomic E-state index is 12.3. The number of benzene rings is 2. The van der Waals surface area contributed by atoms with Crippen LogP contribution in [0.5, 0.6) is 0 Å². The lowest BCUT2D eigenvalue weighted by atomic mass is 10.1. The van der Waals surface area contributed by atoms with Crippen LogP contribution in [0.15, 0.2) is 36.4 Å². The monoisotopic (exact) mass is 400 g/mol. The summed E-state index contributed by atoms with van der Waals surface area (Å²) in [5.74, 6) is -0.654. The molecule has 2 aromatic rings. The van der Waals surface area contributed by atoms with Gasteiger partial charge in [-0.3, -0.25) is 14.4 Å². The molecule has 0 aliphatic carbocycles. The van der Waals surface area contributed by atoms with Gasteiger partial charge in [-0.1, -0.05) is 29.3 Å². The molecular formula is C22H25ClN2O3. The molecule has 1 N–H and O–H groups in total. The zero-order valence-corrected chi connectivity index (χ0v) is 17.4. The van der Waals surface area contributed by atoms with Crippen molar-refractivity contribution in [2.24, 2.45) is 0 Å². The predicted molar refractivity (Wildman–Crippen MR) is 112 cm³/mol. The van der Waals surface area contributed by atoms with Crippen LogP contribution < -0.4 is 5.32 Å². The number of aryl methyl sites for hydroxylation is 3. The molecule has 28 heavy (non-hydrogen) atoms. The highest BCUT2D eigenvalue weighted by atomic mass is 35.5. The molecule has 2 amide bonds. The Morgan fingerprint density at radius 3 is 2.11 bits per heavy atom. The highest BCUT2D eigenvalue weighted by molar-refractivity contribution is 6.30. The third-order valence-corrected chi connectivity index (χ3v) is 4.73. The van der Waals surface area contributed by atoms with Gasteiger partial charge in [-0.15, -0.1) is 0 Å². The van der Waals surface area contributed by atoms with Gasteiger partial charge >= 0.3 is 0 Å². The van der Waals surface area contributed by atoms with Crippen molar-refractivity contribution in [2.45, 2.75) is 33.6 Å². The molecule has 0 atom stereocenters. The third-order valence-electron chi connectivity index (χ3n) is 4.48. The number of amides is 2. The van der Waals surface area contributed by atoms with E-state index in [-0.39, 0.29) is 37.0 Å². The molecule has 0 saturated heterocycles. The van der Waals surface area contributed by atoms with Crippen molar-refractivity contribution in [3.05, 3.63) is 63.7 Å². The van der Waals surface area contributed by atoms with Gasteiger partial charge in [0.2, 0.25) is 11.8 Å². The highest BCUT2D eigenvalue weighted by Crippen LogP contribution is 2.21. The maximum atomic E-state index is 12.3. The quantitative estimate of drug-likeness (QED) is 0.703. The maximum Gasteiger partial charge on any atom is 0.243 e. The lowest BCUT2D eigenvalue weighted by Gasteiger charge is -2.18. The van der Waals surface area contributed by atoms with Gasteiger partial charge in [0, 0.05) is 36.2 Å². The minimum atomic E-state index is -0.269. The van der Waals surface area contributed by atoms with E-state index in [2.05, 4.69) is 5.32 Å². The smallest absolute Gasteiger partial charge is 0.243 e. The molecule has 148 valence electrons. The van der Waals surface area contributed by atoms with Gasteiger partial charge in [0.25, 0.3) is 0 Å². The van der Waals surface area contributed by atoms with Gasteiger partial charge < -0.3 is 10.2 Å². The summed E-state index contributed by atoms with van der Waals surface area (Å²) in [6.07, 6.45) is 0.135. The van der Waals surface area contributed by atoms with Crippen molar-refractivity contribution in [3.8, 4) is 0 Å². The van der Waals surface area contributed by atoms with Gasteiger partial charge in [0.1, 0.15) is 0 Å². The first-order valence-electron chi connectivity index (χ1n) is 9.08. The van der Waals surface area contributed by atoms with E-state index in [1.54, 1.807) is 31.3 Å². The number of nitrogens with zero attached hydrogens (tertiary/aromatic N) is 1. The van der Waals surface area contributed by atoms with Crippen molar-refractivity contribution >= 4 is 34.9 Å². The summed E-state index contributed by atoms with van der Waals surface area (Å²) < 4.78 is 0. The number of rotatable bonds is 7. The second-order valence-corrected chi connectivity index (χ2v) is 7.44. The Bertz CT molecular complexity index is 868. The van der Waals surface area contributed by atoms with Gasteiger partial charge in [-0.2, -0.15) is 0 Å². The van der Waals surface area contributed by atoms with Gasteiger partial charge in [0.15, 0.2) is 5.78 Å². The summed E-state index contributed by atoms with van der Waals surface area (Å²) in [7, 11) is 1.56. The molecule has 0 aliphatic heterocycles. The Morgan fingerprint density at radius 1 is 0.964 bits per heavy atom. The molecule has 0 saturated carbocycles. The van der Waals surface area contributed by atoms with Gasteiger partial charge in [-0.05, 0) is 56.2 Å². The molecule has 0 fully saturated rings. The number of nitrogens with one attached hydrogen (secondary N) is 1. The fourth-order valence-electron chi connectivity index (χ4n) is 3.05. The SMILES string of the molecule is Cc1cc(C)c(NC(=O)CN(C)C(=O)CCC(=O)c2ccc(Cl)cc2)c(C)c1. The molecular weight excluding hydrogens is 376 g/mol. The average Bonchev–Trinajstić information content (AvgIpc) is 2.62. The standard InChI is InChI=1S/C22H25ClN2O3/c1-14-11-15(2)22(16(3)12-14)24-20(27)13-25(4)21(28)10-9-19(26)17-5-7-18(23)8-6-17/h5-8,11-12H,9-10,13H2,1-4H3,(H,24,27). The third kappa shape index (κ3) is 5.92. The molecule has 2 rings (SSSR count). The van der Waals surface area contributed by atoms with Crippen molar-refractivity contribution in [2.75, 3.05) is 18.9 Å². The second kappa shape index (κ2) is 9.51. The van der Waals surface area contributed by atoms with Crippen LogP contribution in [0.25, 0.3) is 0 Å². The summed E-state index contributed by atoms with van der Waals surface area (Å²) in [6, 6.07) is 10.6. The van der Waals surface area contributed by atoms with E-state index >= 15 is 0 Å². The lowest BCUT2D eigenvalue weighted by Crippen LogP contribution is -2.35. The topological polar surface area (TPSA) is 66.5 Å². The Balaban J connectivity index is 1.87. The first kappa shape index (κ1) is 21.6. The van der Waals surface area contributed by atoms with Crippen LogP contribution in [0.2, 0.25) is 5.02 Å². The van der Waals surface area contributed by atoms with Crippen molar-refractivity contribution < 1.29 is 14.4 Å². The van der Waals surface area contributed by atoms with Crippen LogP contribution in [0.3, 0.4) is 0 Å². The summed E-state index contributed by atoms with van der Waals surface area (Å²) in [5.41, 5.74) is 4.38. The first-order chi connectivity index (χ1) is 13.2. The Kier molecular flexibility index (Phi) is 7.35. The molecule has 0 radical (unpaired) electrons. The molecule has 2 aromatic carbocycles. The lowest BCUT2D eigenvalue weighted by molar-refractivity contribution is -0.133. The second-order valence-electron chi connectivity index (χ2n) is 7.00. The van der Waals surface area contributed by atoms with E-state index in [0.29, 0.717) is 10.6 Å². The van der Waals surface area contributed by atoms with Crippen LogP contribution in [0.4, 0.5) is 5.69 Å². The molecule has 6 heteroatoms. The zero-order valence-electron chi connectivity index (χ0n) is 16.6. The van der Waals surface area contributed by atoms with E-state index < -0.39 is 0 Å². The zero-order chi connectivity index (χ0) is 20.8. The Morgan fingerprint density at radius 2 is 1.54 bits per heavy atom. The molecule has 0 unspecified atom stereocenters. The predicted octanol–water partition coefficient (Wildman–Crippen LogP) is 4.33. The number of hydrogen-bond donors (Lipinski definition) is 1.